The largest absolute Gasteiger partial charge is 0.467 e. The molecule has 1 atom stereocenters. The van der Waals surface area contributed by atoms with Crippen LogP contribution in [-0.2, 0) is 27.7 Å². The summed E-state index contributed by atoms with van der Waals surface area (Å²) in [5, 5.41) is 4.02. The first-order valence-electron chi connectivity index (χ1n) is 7.61. The Morgan fingerprint density at radius 3 is 2.61 bits per heavy atom. The van der Waals surface area contributed by atoms with E-state index in [-0.39, 0.29) is 6.42 Å². The molecule has 0 radical (unpaired) electrons. The number of carbonyl (C=O) groups is 2. The highest BCUT2D eigenvalue weighted by atomic mass is 16.6. The van der Waals surface area contributed by atoms with E-state index in [1.807, 2.05) is 0 Å². The fraction of sp³-hybridized carbons (Fsp3) is 0.733. The Kier molecular flexibility index (Phi) is 4.63. The summed E-state index contributed by atoms with van der Waals surface area (Å²) in [5.41, 5.74) is -1.73. The van der Waals surface area contributed by atoms with E-state index in [1.54, 1.807) is 32.5 Å². The summed E-state index contributed by atoms with van der Waals surface area (Å²) >= 11 is 0. The fourth-order valence-corrected chi connectivity index (χ4v) is 2.86. The fourth-order valence-electron chi connectivity index (χ4n) is 2.86. The van der Waals surface area contributed by atoms with E-state index >= 15 is 0 Å². The molecule has 128 valence electrons. The number of nitrogens with zero attached hydrogens (tertiary/aromatic N) is 4. The van der Waals surface area contributed by atoms with Crippen LogP contribution in [0.5, 0.6) is 0 Å². The van der Waals surface area contributed by atoms with Crippen molar-refractivity contribution in [2.45, 2.75) is 51.2 Å². The van der Waals surface area contributed by atoms with Crippen molar-refractivity contribution in [3.05, 3.63) is 12.2 Å². The molecule has 1 unspecified atom stereocenters. The van der Waals surface area contributed by atoms with Gasteiger partial charge in [0, 0.05) is 20.0 Å². The zero-order valence-electron chi connectivity index (χ0n) is 14.3. The Balaban J connectivity index is 2.34. The van der Waals surface area contributed by atoms with E-state index in [4.69, 9.17) is 9.47 Å². The third kappa shape index (κ3) is 3.46. The van der Waals surface area contributed by atoms with Gasteiger partial charge in [-0.3, -0.25) is 9.58 Å². The highest BCUT2D eigenvalue weighted by Crippen LogP contribution is 2.35. The highest BCUT2D eigenvalue weighted by Gasteiger charge is 2.52. The van der Waals surface area contributed by atoms with Crippen LogP contribution in [0, 0.1) is 0 Å². The second kappa shape index (κ2) is 6.17. The first-order valence-corrected chi connectivity index (χ1v) is 7.61. The van der Waals surface area contributed by atoms with E-state index in [1.165, 1.54) is 18.3 Å². The van der Waals surface area contributed by atoms with Crippen molar-refractivity contribution in [3.63, 3.8) is 0 Å². The summed E-state index contributed by atoms with van der Waals surface area (Å²) in [5.74, 6) is 0.162. The van der Waals surface area contributed by atoms with Gasteiger partial charge in [-0.1, -0.05) is 0 Å². The second-order valence-electron chi connectivity index (χ2n) is 6.74. The molecule has 1 aliphatic heterocycles. The Morgan fingerprint density at radius 2 is 2.09 bits per heavy atom. The lowest BCUT2D eigenvalue weighted by Gasteiger charge is -2.36. The highest BCUT2D eigenvalue weighted by molar-refractivity contribution is 5.86. The molecule has 0 N–H and O–H groups in total. The standard InChI is InChI=1S/C15H24N4O4/c1-14(2,3)23-13(21)19-8-6-7-15(19,12(20)22-5)9-11-16-10-17-18(11)4/h10H,6-9H2,1-5H3. The molecule has 1 amide bonds. The third-order valence-corrected chi connectivity index (χ3v) is 3.92. The Labute approximate surface area is 135 Å². The predicted molar refractivity (Wildman–Crippen MR) is 81.6 cm³/mol. The average Bonchev–Trinajstić information content (AvgIpc) is 3.04. The summed E-state index contributed by atoms with van der Waals surface area (Å²) in [6.07, 6.45) is 2.36. The molecule has 8 heteroatoms. The minimum Gasteiger partial charge on any atom is -0.467 e. The van der Waals surface area contributed by atoms with Crippen molar-refractivity contribution in [1.29, 1.82) is 0 Å². The van der Waals surface area contributed by atoms with Crippen molar-refractivity contribution in [2.24, 2.45) is 7.05 Å². The van der Waals surface area contributed by atoms with Crippen LogP contribution in [-0.4, -0.2) is 56.5 Å². The molecule has 2 rings (SSSR count). The van der Waals surface area contributed by atoms with E-state index in [0.29, 0.717) is 25.2 Å². The number of likely N-dealkylation sites (tertiary alicyclic amines) is 1. The number of methoxy groups -OCH3 is 1. The van der Waals surface area contributed by atoms with Gasteiger partial charge in [0.15, 0.2) is 5.54 Å². The number of rotatable bonds is 3. The number of hydrogen-bond donors (Lipinski definition) is 0. The molecule has 0 bridgehead atoms. The number of amides is 1. The van der Waals surface area contributed by atoms with E-state index < -0.39 is 23.2 Å². The molecule has 23 heavy (non-hydrogen) atoms. The molecule has 0 aromatic carbocycles. The maximum absolute atomic E-state index is 12.6. The molecule has 0 spiro atoms. The lowest BCUT2D eigenvalue weighted by Crippen LogP contribution is -2.56. The minimum atomic E-state index is -1.10. The molecule has 1 saturated heterocycles. The van der Waals surface area contributed by atoms with Crippen LogP contribution >= 0.6 is 0 Å². The number of hydrogen-bond acceptors (Lipinski definition) is 6. The number of carbonyl (C=O) groups excluding carboxylic acids is 2. The van der Waals surface area contributed by atoms with Crippen LogP contribution in [0.1, 0.15) is 39.4 Å². The smallest absolute Gasteiger partial charge is 0.411 e. The third-order valence-electron chi connectivity index (χ3n) is 3.92. The molecular weight excluding hydrogens is 300 g/mol. The van der Waals surface area contributed by atoms with Gasteiger partial charge >= 0.3 is 12.1 Å². The first kappa shape index (κ1) is 17.2. The van der Waals surface area contributed by atoms with Gasteiger partial charge in [0.05, 0.1) is 7.11 Å². The van der Waals surface area contributed by atoms with Crippen molar-refractivity contribution in [1.82, 2.24) is 19.7 Å². The summed E-state index contributed by atoms with van der Waals surface area (Å²) in [4.78, 5) is 30.7. The molecule has 1 aliphatic rings. The lowest BCUT2D eigenvalue weighted by atomic mass is 9.91. The summed E-state index contributed by atoms with van der Waals surface area (Å²) in [6.45, 7) is 5.83. The average molecular weight is 324 g/mol. The van der Waals surface area contributed by atoms with Gasteiger partial charge in [0.1, 0.15) is 17.8 Å². The second-order valence-corrected chi connectivity index (χ2v) is 6.74. The SMILES string of the molecule is COC(=O)C1(Cc2ncnn2C)CCCN1C(=O)OC(C)(C)C. The number of ether oxygens (including phenoxy) is 2. The van der Waals surface area contributed by atoms with E-state index in [2.05, 4.69) is 10.1 Å². The van der Waals surface area contributed by atoms with Crippen LogP contribution in [0.4, 0.5) is 4.79 Å². The van der Waals surface area contributed by atoms with Crippen molar-refractivity contribution in [3.8, 4) is 0 Å². The maximum atomic E-state index is 12.6. The molecule has 8 nitrogen and oxygen atoms in total. The summed E-state index contributed by atoms with van der Waals surface area (Å²) in [7, 11) is 3.08. The molecule has 1 aromatic rings. The number of esters is 1. The van der Waals surface area contributed by atoms with Gasteiger partial charge in [0.2, 0.25) is 0 Å². The van der Waals surface area contributed by atoms with Crippen molar-refractivity contribution < 1.29 is 19.1 Å². The maximum Gasteiger partial charge on any atom is 0.411 e. The Hall–Kier alpha value is -2.12. The molecular formula is C15H24N4O4. The van der Waals surface area contributed by atoms with Crippen molar-refractivity contribution in [2.75, 3.05) is 13.7 Å². The minimum absolute atomic E-state index is 0.245. The number of aromatic nitrogens is 3. The van der Waals surface area contributed by atoms with Gasteiger partial charge in [-0.15, -0.1) is 0 Å². The van der Waals surface area contributed by atoms with Gasteiger partial charge in [-0.2, -0.15) is 5.10 Å². The topological polar surface area (TPSA) is 86.5 Å². The molecule has 2 heterocycles. The summed E-state index contributed by atoms with van der Waals surface area (Å²) in [6, 6.07) is 0. The first-order chi connectivity index (χ1) is 10.7. The van der Waals surface area contributed by atoms with E-state index in [9.17, 15) is 9.59 Å². The zero-order chi connectivity index (χ0) is 17.3. The van der Waals surface area contributed by atoms with Crippen LogP contribution in [0.25, 0.3) is 0 Å². The lowest BCUT2D eigenvalue weighted by molar-refractivity contribution is -0.153. The number of aryl methyl sites for hydroxylation is 1. The quantitative estimate of drug-likeness (QED) is 0.779. The van der Waals surface area contributed by atoms with Gasteiger partial charge in [0.25, 0.3) is 0 Å². The predicted octanol–water partition coefficient (Wildman–Crippen LogP) is 1.30. The monoisotopic (exact) mass is 324 g/mol. The van der Waals surface area contributed by atoms with Gasteiger partial charge in [-0.05, 0) is 33.6 Å². The Morgan fingerprint density at radius 1 is 1.39 bits per heavy atom. The van der Waals surface area contributed by atoms with Crippen molar-refractivity contribution >= 4 is 12.1 Å². The van der Waals surface area contributed by atoms with E-state index in [0.717, 1.165) is 0 Å². The van der Waals surface area contributed by atoms with Crippen LogP contribution < -0.4 is 0 Å². The van der Waals surface area contributed by atoms with Gasteiger partial charge in [-0.25, -0.2) is 14.6 Å². The normalized spacial score (nSPS) is 21.3. The summed E-state index contributed by atoms with van der Waals surface area (Å²) < 4.78 is 12.0. The molecule has 0 aliphatic carbocycles. The molecule has 0 saturated carbocycles. The molecule has 1 fully saturated rings. The molecule has 1 aromatic heterocycles. The van der Waals surface area contributed by atoms with Gasteiger partial charge < -0.3 is 9.47 Å². The van der Waals surface area contributed by atoms with Crippen LogP contribution in [0.3, 0.4) is 0 Å². The van der Waals surface area contributed by atoms with Crippen LogP contribution in [0.2, 0.25) is 0 Å². The Bertz CT molecular complexity index is 593. The zero-order valence-corrected chi connectivity index (χ0v) is 14.3. The van der Waals surface area contributed by atoms with Crippen LogP contribution in [0.15, 0.2) is 6.33 Å².